The molecule has 3 heterocycles. The molecular formula is C22H28N4O4. The van der Waals surface area contributed by atoms with E-state index in [0.29, 0.717) is 43.2 Å². The van der Waals surface area contributed by atoms with Gasteiger partial charge in [-0.3, -0.25) is 14.6 Å². The lowest BCUT2D eigenvalue weighted by molar-refractivity contribution is -0.136. The predicted molar refractivity (Wildman–Crippen MR) is 114 cm³/mol. The Labute approximate surface area is 175 Å². The number of piperidine rings is 1. The van der Waals surface area contributed by atoms with E-state index >= 15 is 0 Å². The van der Waals surface area contributed by atoms with Gasteiger partial charge in [-0.15, -0.1) is 0 Å². The summed E-state index contributed by atoms with van der Waals surface area (Å²) in [6, 6.07) is 5.67. The summed E-state index contributed by atoms with van der Waals surface area (Å²) < 4.78 is 10.8. The number of fused-ring (bicyclic) bond motifs is 1. The molecule has 0 saturated carbocycles. The molecule has 160 valence electrons. The second-order valence-corrected chi connectivity index (χ2v) is 8.14. The number of methoxy groups -OCH3 is 2. The van der Waals surface area contributed by atoms with E-state index in [9.17, 15) is 9.59 Å². The first-order chi connectivity index (χ1) is 14.4. The number of nitrogens with two attached hydrogens (primary N) is 1. The molecule has 1 aromatic heterocycles. The van der Waals surface area contributed by atoms with E-state index in [2.05, 4.69) is 0 Å². The van der Waals surface area contributed by atoms with Crippen LogP contribution in [0.1, 0.15) is 30.9 Å². The summed E-state index contributed by atoms with van der Waals surface area (Å²) in [7, 11) is 4.95. The van der Waals surface area contributed by atoms with Gasteiger partial charge < -0.3 is 25.0 Å². The largest absolute Gasteiger partial charge is 0.493 e. The van der Waals surface area contributed by atoms with E-state index in [-0.39, 0.29) is 23.7 Å². The number of nitrogen functional groups attached to an aromatic ring is 1. The molecular weight excluding hydrogens is 384 g/mol. The van der Waals surface area contributed by atoms with E-state index < -0.39 is 0 Å². The van der Waals surface area contributed by atoms with Crippen molar-refractivity contribution in [2.45, 2.75) is 25.2 Å². The number of nitrogens with zero attached hydrogens (tertiary/aromatic N) is 3. The van der Waals surface area contributed by atoms with Crippen LogP contribution in [0.3, 0.4) is 0 Å². The van der Waals surface area contributed by atoms with Crippen LogP contribution < -0.4 is 15.2 Å². The van der Waals surface area contributed by atoms with Crippen molar-refractivity contribution in [2.24, 2.45) is 5.92 Å². The highest BCUT2D eigenvalue weighted by atomic mass is 16.5. The van der Waals surface area contributed by atoms with Gasteiger partial charge in [-0.05, 0) is 25.0 Å². The lowest BCUT2D eigenvalue weighted by atomic mass is 9.91. The average Bonchev–Trinajstić information content (AvgIpc) is 3.10. The Morgan fingerprint density at radius 2 is 1.80 bits per heavy atom. The van der Waals surface area contributed by atoms with Gasteiger partial charge in [-0.1, -0.05) is 0 Å². The number of hydrogen-bond donors (Lipinski definition) is 1. The van der Waals surface area contributed by atoms with Crippen LogP contribution in [0.2, 0.25) is 0 Å². The molecule has 1 unspecified atom stereocenters. The van der Waals surface area contributed by atoms with E-state index in [4.69, 9.17) is 20.2 Å². The number of carbonyl (C=O) groups is 2. The van der Waals surface area contributed by atoms with Crippen molar-refractivity contribution in [2.75, 3.05) is 46.6 Å². The third kappa shape index (κ3) is 3.62. The van der Waals surface area contributed by atoms with Crippen molar-refractivity contribution >= 4 is 28.4 Å². The zero-order valence-corrected chi connectivity index (χ0v) is 17.7. The zero-order valence-electron chi connectivity index (χ0n) is 17.7. The van der Waals surface area contributed by atoms with Gasteiger partial charge in [0.05, 0.1) is 37.0 Å². The second kappa shape index (κ2) is 8.01. The standard InChI is InChI=1S/C22H28N4O4/c1-25-12-15(10-20(25)27)22(28)26-6-4-13(5-7-26)21-16(23)8-14-9-18(29-2)19(30-3)11-17(14)24-21/h8-9,11,13,15H,4-7,10,12,23H2,1-3H3. The summed E-state index contributed by atoms with van der Waals surface area (Å²) in [5.41, 5.74) is 8.68. The number of ether oxygens (including phenoxy) is 2. The SMILES string of the molecule is COc1cc2cc(N)c(C3CCN(C(=O)C4CC(=O)N(C)C4)CC3)nc2cc1OC. The number of hydrogen-bond acceptors (Lipinski definition) is 6. The number of carbonyl (C=O) groups excluding carboxylic acids is 2. The quantitative estimate of drug-likeness (QED) is 0.825. The molecule has 2 N–H and O–H groups in total. The highest BCUT2D eigenvalue weighted by Crippen LogP contribution is 2.36. The monoisotopic (exact) mass is 412 g/mol. The molecule has 2 fully saturated rings. The summed E-state index contributed by atoms with van der Waals surface area (Å²) in [6.07, 6.45) is 1.93. The molecule has 8 nitrogen and oxygen atoms in total. The van der Waals surface area contributed by atoms with Gasteiger partial charge in [0.25, 0.3) is 0 Å². The second-order valence-electron chi connectivity index (χ2n) is 8.14. The van der Waals surface area contributed by atoms with Gasteiger partial charge in [0.2, 0.25) is 11.8 Å². The molecule has 4 rings (SSSR count). The van der Waals surface area contributed by atoms with Gasteiger partial charge in [0, 0.05) is 50.5 Å². The van der Waals surface area contributed by atoms with Gasteiger partial charge in [-0.25, -0.2) is 0 Å². The molecule has 2 aliphatic heterocycles. The van der Waals surface area contributed by atoms with Crippen LogP contribution in [0, 0.1) is 5.92 Å². The Morgan fingerprint density at radius 3 is 2.40 bits per heavy atom. The number of pyridine rings is 1. The zero-order chi connectivity index (χ0) is 21.4. The van der Waals surface area contributed by atoms with Crippen LogP contribution in [0.25, 0.3) is 10.9 Å². The average molecular weight is 412 g/mol. The topological polar surface area (TPSA) is 98.0 Å². The molecule has 2 aliphatic rings. The number of amides is 2. The first-order valence-electron chi connectivity index (χ1n) is 10.3. The summed E-state index contributed by atoms with van der Waals surface area (Å²) in [4.78, 5) is 32.9. The fourth-order valence-electron chi connectivity index (χ4n) is 4.52. The number of anilines is 1. The Balaban J connectivity index is 1.49. The lowest BCUT2D eigenvalue weighted by Gasteiger charge is -2.33. The summed E-state index contributed by atoms with van der Waals surface area (Å²) in [6.45, 7) is 1.83. The van der Waals surface area contributed by atoms with Gasteiger partial charge in [-0.2, -0.15) is 0 Å². The molecule has 0 bridgehead atoms. The smallest absolute Gasteiger partial charge is 0.227 e. The van der Waals surface area contributed by atoms with Crippen molar-refractivity contribution in [3.63, 3.8) is 0 Å². The maximum atomic E-state index is 12.8. The normalized spacial score (nSPS) is 20.1. The minimum absolute atomic E-state index is 0.0448. The Hall–Kier alpha value is -3.03. The van der Waals surface area contributed by atoms with Crippen LogP contribution in [0.5, 0.6) is 11.5 Å². The molecule has 0 aliphatic carbocycles. The van der Waals surface area contributed by atoms with Crippen LogP contribution in [-0.4, -0.2) is 67.5 Å². The number of likely N-dealkylation sites (tertiary alicyclic amines) is 2. The van der Waals surface area contributed by atoms with E-state index in [0.717, 1.165) is 29.4 Å². The third-order valence-electron chi connectivity index (χ3n) is 6.26. The maximum Gasteiger partial charge on any atom is 0.227 e. The molecule has 1 atom stereocenters. The number of rotatable bonds is 4. The van der Waals surface area contributed by atoms with Crippen molar-refractivity contribution in [3.05, 3.63) is 23.9 Å². The molecule has 2 aromatic rings. The van der Waals surface area contributed by atoms with Crippen molar-refractivity contribution in [1.29, 1.82) is 0 Å². The van der Waals surface area contributed by atoms with Crippen LogP contribution in [0.15, 0.2) is 18.2 Å². The summed E-state index contributed by atoms with van der Waals surface area (Å²) in [5, 5.41) is 0.900. The first kappa shape index (κ1) is 20.3. The number of benzene rings is 1. The Bertz CT molecular complexity index is 985. The molecule has 8 heteroatoms. The predicted octanol–water partition coefficient (Wildman–Crippen LogP) is 2.02. The Kier molecular flexibility index (Phi) is 5.40. The van der Waals surface area contributed by atoms with Crippen LogP contribution in [0.4, 0.5) is 5.69 Å². The van der Waals surface area contributed by atoms with E-state index in [1.54, 1.807) is 26.2 Å². The lowest BCUT2D eigenvalue weighted by Crippen LogP contribution is -2.42. The fourth-order valence-corrected chi connectivity index (χ4v) is 4.52. The van der Waals surface area contributed by atoms with Gasteiger partial charge in [0.1, 0.15) is 0 Å². The van der Waals surface area contributed by atoms with Crippen LogP contribution >= 0.6 is 0 Å². The maximum absolute atomic E-state index is 12.8. The highest BCUT2D eigenvalue weighted by molar-refractivity contribution is 5.89. The van der Waals surface area contributed by atoms with Gasteiger partial charge in [0.15, 0.2) is 11.5 Å². The summed E-state index contributed by atoms with van der Waals surface area (Å²) in [5.74, 6) is 1.38. The molecule has 30 heavy (non-hydrogen) atoms. The highest BCUT2D eigenvalue weighted by Gasteiger charge is 2.36. The Morgan fingerprint density at radius 1 is 1.13 bits per heavy atom. The first-order valence-corrected chi connectivity index (χ1v) is 10.3. The van der Waals surface area contributed by atoms with Crippen molar-refractivity contribution < 1.29 is 19.1 Å². The minimum atomic E-state index is -0.217. The molecule has 2 amide bonds. The van der Waals surface area contributed by atoms with Crippen molar-refractivity contribution in [1.82, 2.24) is 14.8 Å². The fraction of sp³-hybridized carbons (Fsp3) is 0.500. The molecule has 2 saturated heterocycles. The summed E-state index contributed by atoms with van der Waals surface area (Å²) >= 11 is 0. The van der Waals surface area contributed by atoms with Gasteiger partial charge >= 0.3 is 0 Å². The molecule has 0 spiro atoms. The molecule has 0 radical (unpaired) electrons. The van der Waals surface area contributed by atoms with Crippen molar-refractivity contribution in [3.8, 4) is 11.5 Å². The van der Waals surface area contributed by atoms with Crippen LogP contribution in [-0.2, 0) is 9.59 Å². The number of aromatic nitrogens is 1. The minimum Gasteiger partial charge on any atom is -0.493 e. The van der Waals surface area contributed by atoms with E-state index in [1.807, 2.05) is 23.1 Å². The third-order valence-corrected chi connectivity index (χ3v) is 6.26. The van der Waals surface area contributed by atoms with E-state index in [1.165, 1.54) is 0 Å². The molecule has 1 aromatic carbocycles.